The third-order valence-corrected chi connectivity index (χ3v) is 3.55. The molecule has 0 saturated heterocycles. The highest BCUT2D eigenvalue weighted by Gasteiger charge is 2.21. The fraction of sp³-hybridized carbons (Fsp3) is 0.235. The molecule has 27 heavy (non-hydrogen) atoms. The summed E-state index contributed by atoms with van der Waals surface area (Å²) in [4.78, 5) is 23.5. The van der Waals surface area contributed by atoms with Crippen molar-refractivity contribution in [1.82, 2.24) is 25.2 Å². The number of rotatable bonds is 7. The molecule has 0 atom stereocenters. The summed E-state index contributed by atoms with van der Waals surface area (Å²) in [5.41, 5.74) is 1.13. The first-order chi connectivity index (χ1) is 13.1. The molecule has 1 N–H and O–H groups in total. The summed E-state index contributed by atoms with van der Waals surface area (Å²) in [5.74, 6) is -0.645. The molecule has 0 fully saturated rings. The van der Waals surface area contributed by atoms with Gasteiger partial charge < -0.3 is 14.2 Å². The van der Waals surface area contributed by atoms with Crippen molar-refractivity contribution in [3.05, 3.63) is 47.9 Å². The van der Waals surface area contributed by atoms with Gasteiger partial charge in [0.15, 0.2) is 18.1 Å². The van der Waals surface area contributed by atoms with Crippen molar-refractivity contribution in [2.24, 2.45) is 0 Å². The van der Waals surface area contributed by atoms with Crippen LogP contribution in [0.2, 0.25) is 0 Å². The molecule has 0 unspecified atom stereocenters. The number of para-hydroxylation sites is 1. The average molecular weight is 371 g/mol. The van der Waals surface area contributed by atoms with Crippen LogP contribution in [0.1, 0.15) is 27.9 Å². The predicted octanol–water partition coefficient (Wildman–Crippen LogP) is 1.67. The van der Waals surface area contributed by atoms with Gasteiger partial charge in [0.2, 0.25) is 0 Å². The SMILES string of the molecule is CCOC(=O)c1n[nH]nc1-c1ccccc1OCn1ccc(C(=O)OC)n1. The molecule has 3 aromatic rings. The van der Waals surface area contributed by atoms with Gasteiger partial charge >= 0.3 is 11.9 Å². The van der Waals surface area contributed by atoms with E-state index in [1.807, 2.05) is 0 Å². The van der Waals surface area contributed by atoms with Crippen molar-refractivity contribution in [1.29, 1.82) is 0 Å². The van der Waals surface area contributed by atoms with E-state index in [0.29, 0.717) is 17.0 Å². The third-order valence-electron chi connectivity index (χ3n) is 3.55. The zero-order valence-electron chi connectivity index (χ0n) is 14.7. The number of aromatic amines is 1. The molecule has 1 aromatic carbocycles. The number of benzene rings is 1. The predicted molar refractivity (Wildman–Crippen MR) is 92.0 cm³/mol. The molecule has 10 heteroatoms. The Labute approximate surface area is 154 Å². The molecule has 0 radical (unpaired) electrons. The number of nitrogens with one attached hydrogen (secondary N) is 1. The lowest BCUT2D eigenvalue weighted by molar-refractivity contribution is 0.0519. The van der Waals surface area contributed by atoms with Crippen LogP contribution < -0.4 is 4.74 Å². The Hall–Kier alpha value is -3.69. The lowest BCUT2D eigenvalue weighted by Crippen LogP contribution is -2.10. The molecule has 2 heterocycles. The molecule has 0 saturated carbocycles. The second-order valence-electron chi connectivity index (χ2n) is 5.24. The van der Waals surface area contributed by atoms with Crippen molar-refractivity contribution in [3.8, 4) is 17.0 Å². The summed E-state index contributed by atoms with van der Waals surface area (Å²) in [7, 11) is 1.28. The summed E-state index contributed by atoms with van der Waals surface area (Å²) >= 11 is 0. The number of hydrogen-bond donors (Lipinski definition) is 1. The number of aromatic nitrogens is 5. The summed E-state index contributed by atoms with van der Waals surface area (Å²) in [5, 5.41) is 14.4. The molecule has 0 amide bonds. The van der Waals surface area contributed by atoms with Gasteiger partial charge in [0.05, 0.1) is 13.7 Å². The molecule has 0 bridgehead atoms. The standard InChI is InChI=1S/C17H17N5O5/c1-3-26-17(24)15-14(18-21-19-15)11-6-4-5-7-13(11)27-10-22-9-8-12(20-22)16(23)25-2/h4-9H,3,10H2,1-2H3,(H,18,19,21). The Balaban J connectivity index is 1.81. The first-order valence-corrected chi connectivity index (χ1v) is 8.06. The highest BCUT2D eigenvalue weighted by atomic mass is 16.5. The van der Waals surface area contributed by atoms with Gasteiger partial charge in [0, 0.05) is 11.8 Å². The molecule has 0 aliphatic rings. The van der Waals surface area contributed by atoms with E-state index in [-0.39, 0.29) is 24.7 Å². The zero-order valence-corrected chi connectivity index (χ0v) is 14.7. The maximum Gasteiger partial charge on any atom is 0.361 e. The highest BCUT2D eigenvalue weighted by molar-refractivity contribution is 5.94. The highest BCUT2D eigenvalue weighted by Crippen LogP contribution is 2.30. The van der Waals surface area contributed by atoms with Gasteiger partial charge in [0.25, 0.3) is 0 Å². The van der Waals surface area contributed by atoms with E-state index in [9.17, 15) is 9.59 Å². The van der Waals surface area contributed by atoms with Crippen LogP contribution in [0, 0.1) is 0 Å². The monoisotopic (exact) mass is 371 g/mol. The van der Waals surface area contributed by atoms with Crippen LogP contribution in [0.25, 0.3) is 11.3 Å². The van der Waals surface area contributed by atoms with Crippen molar-refractivity contribution in [2.45, 2.75) is 13.7 Å². The van der Waals surface area contributed by atoms with Crippen molar-refractivity contribution >= 4 is 11.9 Å². The van der Waals surface area contributed by atoms with Gasteiger partial charge in [-0.15, -0.1) is 5.10 Å². The fourth-order valence-corrected chi connectivity index (χ4v) is 2.33. The Bertz CT molecular complexity index is 949. The minimum Gasteiger partial charge on any atom is -0.471 e. The van der Waals surface area contributed by atoms with Gasteiger partial charge in [0.1, 0.15) is 11.4 Å². The molecule has 0 aliphatic carbocycles. The van der Waals surface area contributed by atoms with Crippen LogP contribution in [-0.2, 0) is 16.2 Å². The minimum absolute atomic E-state index is 0.0423. The van der Waals surface area contributed by atoms with Crippen molar-refractivity contribution < 1.29 is 23.8 Å². The summed E-state index contributed by atoms with van der Waals surface area (Å²) < 4.78 is 16.8. The second-order valence-corrected chi connectivity index (χ2v) is 5.24. The van der Waals surface area contributed by atoms with Crippen LogP contribution in [0.3, 0.4) is 0 Å². The number of carbonyl (C=O) groups excluding carboxylic acids is 2. The summed E-state index contributed by atoms with van der Waals surface area (Å²) in [6, 6.07) is 8.57. The maximum absolute atomic E-state index is 12.0. The Morgan fingerprint density at radius 1 is 1.15 bits per heavy atom. The molecular formula is C17H17N5O5. The first kappa shape index (κ1) is 18.1. The summed E-state index contributed by atoms with van der Waals surface area (Å²) in [6.45, 7) is 1.98. The van der Waals surface area contributed by atoms with E-state index < -0.39 is 11.9 Å². The number of methoxy groups -OCH3 is 1. The van der Waals surface area contributed by atoms with E-state index in [1.54, 1.807) is 37.4 Å². The van der Waals surface area contributed by atoms with E-state index in [1.165, 1.54) is 17.9 Å². The topological polar surface area (TPSA) is 121 Å². The maximum atomic E-state index is 12.0. The number of hydrogen-bond acceptors (Lipinski definition) is 8. The normalized spacial score (nSPS) is 10.4. The Kier molecular flexibility index (Phi) is 5.45. The molecule has 0 spiro atoms. The smallest absolute Gasteiger partial charge is 0.361 e. The van der Waals surface area contributed by atoms with Gasteiger partial charge in [-0.05, 0) is 25.1 Å². The van der Waals surface area contributed by atoms with E-state index in [0.717, 1.165) is 0 Å². The largest absolute Gasteiger partial charge is 0.471 e. The molecule has 10 nitrogen and oxygen atoms in total. The lowest BCUT2D eigenvalue weighted by Gasteiger charge is -2.10. The average Bonchev–Trinajstić information content (AvgIpc) is 3.36. The Morgan fingerprint density at radius 3 is 2.74 bits per heavy atom. The second kappa shape index (κ2) is 8.13. The number of esters is 2. The van der Waals surface area contributed by atoms with Crippen LogP contribution >= 0.6 is 0 Å². The molecular weight excluding hydrogens is 354 g/mol. The van der Waals surface area contributed by atoms with Crippen LogP contribution in [0.15, 0.2) is 36.5 Å². The van der Waals surface area contributed by atoms with Crippen LogP contribution in [0.5, 0.6) is 5.75 Å². The molecule has 140 valence electrons. The Morgan fingerprint density at radius 2 is 1.96 bits per heavy atom. The fourth-order valence-electron chi connectivity index (χ4n) is 2.33. The van der Waals surface area contributed by atoms with Crippen LogP contribution in [0.4, 0.5) is 0 Å². The van der Waals surface area contributed by atoms with E-state index >= 15 is 0 Å². The third kappa shape index (κ3) is 3.94. The number of carbonyl (C=O) groups is 2. The van der Waals surface area contributed by atoms with Crippen LogP contribution in [-0.4, -0.2) is 50.8 Å². The van der Waals surface area contributed by atoms with Gasteiger partial charge in [-0.3, -0.25) is 0 Å². The quantitative estimate of drug-likeness (QED) is 0.623. The van der Waals surface area contributed by atoms with Gasteiger partial charge in [-0.1, -0.05) is 12.1 Å². The summed E-state index contributed by atoms with van der Waals surface area (Å²) in [6.07, 6.45) is 1.59. The number of H-pyrrole nitrogens is 1. The van der Waals surface area contributed by atoms with Gasteiger partial charge in [-0.25, -0.2) is 14.3 Å². The number of nitrogens with zero attached hydrogens (tertiary/aromatic N) is 4. The molecule has 0 aliphatic heterocycles. The van der Waals surface area contributed by atoms with E-state index in [4.69, 9.17) is 9.47 Å². The first-order valence-electron chi connectivity index (χ1n) is 8.06. The lowest BCUT2D eigenvalue weighted by atomic mass is 10.1. The van der Waals surface area contributed by atoms with Crippen molar-refractivity contribution in [3.63, 3.8) is 0 Å². The molecule has 2 aromatic heterocycles. The van der Waals surface area contributed by atoms with Gasteiger partial charge in [-0.2, -0.15) is 15.4 Å². The molecule has 3 rings (SSSR count). The van der Waals surface area contributed by atoms with E-state index in [2.05, 4.69) is 25.2 Å². The zero-order chi connectivity index (χ0) is 19.2. The minimum atomic E-state index is -0.578. The van der Waals surface area contributed by atoms with Crippen molar-refractivity contribution in [2.75, 3.05) is 13.7 Å². The number of ether oxygens (including phenoxy) is 3.